The molecule has 22 heavy (non-hydrogen) atoms. The molecule has 0 aromatic heterocycles. The second-order valence-electron chi connectivity index (χ2n) is 4.60. The fourth-order valence-electron chi connectivity index (χ4n) is 1.79. The third-order valence-electron chi connectivity index (χ3n) is 2.91. The maximum atomic E-state index is 12.1. The summed E-state index contributed by atoms with van der Waals surface area (Å²) in [4.78, 5) is 24.8. The van der Waals surface area contributed by atoms with Crippen molar-refractivity contribution in [1.82, 2.24) is 0 Å². The molecule has 0 spiro atoms. The van der Waals surface area contributed by atoms with Gasteiger partial charge in [0.2, 0.25) is 5.78 Å². The number of hydrogen-bond acceptors (Lipinski definition) is 4. The Morgan fingerprint density at radius 1 is 1.09 bits per heavy atom. The van der Waals surface area contributed by atoms with Gasteiger partial charge in [0.05, 0.1) is 5.75 Å². The van der Waals surface area contributed by atoms with Crippen LogP contribution in [0.5, 0.6) is 0 Å². The number of halogens is 1. The summed E-state index contributed by atoms with van der Waals surface area (Å²) in [5.74, 6) is -0.476. The average molecular weight is 335 g/mol. The van der Waals surface area contributed by atoms with Crippen LogP contribution in [0.2, 0.25) is 5.02 Å². The van der Waals surface area contributed by atoms with E-state index in [1.807, 2.05) is 18.2 Å². The predicted octanol–water partition coefficient (Wildman–Crippen LogP) is 4.25. The summed E-state index contributed by atoms with van der Waals surface area (Å²) in [6, 6.07) is 16.0. The number of carbonyl (C=O) groups is 2. The van der Waals surface area contributed by atoms with Gasteiger partial charge in [-0.05, 0) is 31.2 Å². The zero-order chi connectivity index (χ0) is 15.9. The normalized spacial score (nSPS) is 11.7. The summed E-state index contributed by atoms with van der Waals surface area (Å²) in [6.45, 7) is 1.58. The Morgan fingerprint density at radius 2 is 1.73 bits per heavy atom. The molecule has 0 aliphatic rings. The number of esters is 1. The highest BCUT2D eigenvalue weighted by atomic mass is 35.5. The molecule has 0 aliphatic heterocycles. The third kappa shape index (κ3) is 4.90. The molecule has 0 bridgehead atoms. The van der Waals surface area contributed by atoms with Crippen LogP contribution < -0.4 is 0 Å². The highest BCUT2D eigenvalue weighted by molar-refractivity contribution is 8.00. The molecule has 0 fully saturated rings. The van der Waals surface area contributed by atoms with Gasteiger partial charge in [0, 0.05) is 15.5 Å². The fraction of sp³-hybridized carbons (Fsp3) is 0.176. The molecule has 2 aromatic carbocycles. The van der Waals surface area contributed by atoms with E-state index in [9.17, 15) is 9.59 Å². The lowest BCUT2D eigenvalue weighted by Gasteiger charge is -2.12. The van der Waals surface area contributed by atoms with Gasteiger partial charge in [-0.3, -0.25) is 9.59 Å². The molecular formula is C17H15ClO3S. The number of ether oxygens (including phenoxy) is 1. The third-order valence-corrected chi connectivity index (χ3v) is 4.14. The van der Waals surface area contributed by atoms with Crippen molar-refractivity contribution in [2.45, 2.75) is 17.9 Å². The van der Waals surface area contributed by atoms with Crippen molar-refractivity contribution in [3.8, 4) is 0 Å². The molecule has 5 heteroatoms. The van der Waals surface area contributed by atoms with Crippen molar-refractivity contribution >= 4 is 35.1 Å². The van der Waals surface area contributed by atoms with Crippen LogP contribution in [0, 0.1) is 0 Å². The van der Waals surface area contributed by atoms with E-state index in [4.69, 9.17) is 16.3 Å². The van der Waals surface area contributed by atoms with E-state index in [0.717, 1.165) is 4.90 Å². The minimum Gasteiger partial charge on any atom is -0.454 e. The second kappa shape index (κ2) is 8.01. The summed E-state index contributed by atoms with van der Waals surface area (Å²) in [6.07, 6.45) is -0.791. The van der Waals surface area contributed by atoms with Crippen LogP contribution in [0.4, 0.5) is 0 Å². The lowest BCUT2D eigenvalue weighted by Crippen LogP contribution is -2.25. The number of ketones is 1. The Bertz CT molecular complexity index is 641. The molecule has 0 aliphatic carbocycles. The molecule has 0 radical (unpaired) electrons. The molecule has 0 N–H and O–H groups in total. The fourth-order valence-corrected chi connectivity index (χ4v) is 2.60. The van der Waals surface area contributed by atoms with Gasteiger partial charge in [0.1, 0.15) is 0 Å². The zero-order valence-electron chi connectivity index (χ0n) is 12.0. The van der Waals surface area contributed by atoms with Gasteiger partial charge in [-0.2, -0.15) is 0 Å². The summed E-state index contributed by atoms with van der Waals surface area (Å²) < 4.78 is 5.18. The van der Waals surface area contributed by atoms with Crippen LogP contribution >= 0.6 is 23.4 Å². The van der Waals surface area contributed by atoms with E-state index in [-0.39, 0.29) is 11.5 Å². The van der Waals surface area contributed by atoms with Crippen molar-refractivity contribution in [1.29, 1.82) is 0 Å². The summed E-state index contributed by atoms with van der Waals surface area (Å²) in [7, 11) is 0. The van der Waals surface area contributed by atoms with Crippen molar-refractivity contribution in [3.05, 3.63) is 65.2 Å². The summed E-state index contributed by atoms with van der Waals surface area (Å²) in [5, 5.41) is 0.647. The smallest absolute Gasteiger partial charge is 0.316 e. The van der Waals surface area contributed by atoms with E-state index in [1.54, 1.807) is 43.3 Å². The first-order valence-corrected chi connectivity index (χ1v) is 8.10. The number of hydrogen-bond donors (Lipinski definition) is 0. The molecule has 1 atom stereocenters. The van der Waals surface area contributed by atoms with E-state index < -0.39 is 12.1 Å². The highest BCUT2D eigenvalue weighted by Gasteiger charge is 2.19. The first-order valence-electron chi connectivity index (χ1n) is 6.73. The predicted molar refractivity (Wildman–Crippen MR) is 88.5 cm³/mol. The summed E-state index contributed by atoms with van der Waals surface area (Å²) in [5.41, 5.74) is 0.535. The lowest BCUT2D eigenvalue weighted by molar-refractivity contribution is -0.143. The van der Waals surface area contributed by atoms with Crippen molar-refractivity contribution in [2.24, 2.45) is 0 Å². The van der Waals surface area contributed by atoms with Crippen LogP contribution in [-0.2, 0) is 9.53 Å². The molecule has 2 rings (SSSR count). The number of carbonyl (C=O) groups excluding carboxylic acids is 2. The van der Waals surface area contributed by atoms with Gasteiger partial charge in [-0.25, -0.2) is 0 Å². The van der Waals surface area contributed by atoms with Gasteiger partial charge < -0.3 is 4.74 Å². The number of benzene rings is 2. The van der Waals surface area contributed by atoms with Crippen molar-refractivity contribution in [2.75, 3.05) is 5.75 Å². The first-order chi connectivity index (χ1) is 10.6. The average Bonchev–Trinajstić information content (AvgIpc) is 2.54. The molecule has 1 unspecified atom stereocenters. The number of Topliss-reactive ketones (excluding diaryl/α,β-unsaturated/α-hetero) is 1. The molecule has 0 heterocycles. The van der Waals surface area contributed by atoms with Crippen LogP contribution in [0.15, 0.2) is 59.5 Å². The second-order valence-corrected chi connectivity index (χ2v) is 6.09. The maximum Gasteiger partial charge on any atom is 0.316 e. The first kappa shape index (κ1) is 16.6. The van der Waals surface area contributed by atoms with E-state index in [2.05, 4.69) is 0 Å². The molecule has 114 valence electrons. The van der Waals surface area contributed by atoms with Gasteiger partial charge in [-0.1, -0.05) is 41.9 Å². The minimum atomic E-state index is -0.791. The SMILES string of the molecule is CC(OC(=O)CSc1ccc(Cl)cc1)C(=O)c1ccccc1. The van der Waals surface area contributed by atoms with Gasteiger partial charge in [-0.15, -0.1) is 11.8 Å². The standard InChI is InChI=1S/C17H15ClO3S/c1-12(17(20)13-5-3-2-4-6-13)21-16(19)11-22-15-9-7-14(18)8-10-15/h2-10,12H,11H2,1H3. The van der Waals surface area contributed by atoms with Gasteiger partial charge >= 0.3 is 5.97 Å². The van der Waals surface area contributed by atoms with Gasteiger partial charge in [0.25, 0.3) is 0 Å². The van der Waals surface area contributed by atoms with Crippen molar-refractivity contribution < 1.29 is 14.3 Å². The topological polar surface area (TPSA) is 43.4 Å². The Labute approximate surface area is 138 Å². The van der Waals surface area contributed by atoms with E-state index >= 15 is 0 Å². The molecule has 0 saturated heterocycles. The monoisotopic (exact) mass is 334 g/mol. The van der Waals surface area contributed by atoms with E-state index in [0.29, 0.717) is 10.6 Å². The minimum absolute atomic E-state index is 0.147. The van der Waals surface area contributed by atoms with Crippen LogP contribution in [0.3, 0.4) is 0 Å². The molecule has 0 amide bonds. The zero-order valence-corrected chi connectivity index (χ0v) is 13.6. The Balaban J connectivity index is 1.83. The molecule has 2 aromatic rings. The highest BCUT2D eigenvalue weighted by Crippen LogP contribution is 2.20. The lowest BCUT2D eigenvalue weighted by atomic mass is 10.1. The Kier molecular flexibility index (Phi) is 6.04. The molecule has 0 saturated carbocycles. The van der Waals surface area contributed by atoms with E-state index in [1.165, 1.54) is 11.8 Å². The Morgan fingerprint density at radius 3 is 2.36 bits per heavy atom. The van der Waals surface area contributed by atoms with Gasteiger partial charge in [0.15, 0.2) is 6.10 Å². The quantitative estimate of drug-likeness (QED) is 0.450. The van der Waals surface area contributed by atoms with Crippen LogP contribution in [-0.4, -0.2) is 23.6 Å². The molecule has 3 nitrogen and oxygen atoms in total. The Hall–Kier alpha value is -1.78. The number of rotatable bonds is 6. The van der Waals surface area contributed by atoms with Crippen molar-refractivity contribution in [3.63, 3.8) is 0 Å². The largest absolute Gasteiger partial charge is 0.454 e. The van der Waals surface area contributed by atoms with Crippen LogP contribution in [0.25, 0.3) is 0 Å². The summed E-state index contributed by atoms with van der Waals surface area (Å²) >= 11 is 7.14. The number of thioether (sulfide) groups is 1. The van der Waals surface area contributed by atoms with Crippen LogP contribution in [0.1, 0.15) is 17.3 Å². The molecular weight excluding hydrogens is 320 g/mol. The maximum absolute atomic E-state index is 12.1.